The van der Waals surface area contributed by atoms with Crippen molar-refractivity contribution in [2.24, 2.45) is 5.92 Å². The van der Waals surface area contributed by atoms with Gasteiger partial charge in [-0.2, -0.15) is 0 Å². The Balaban J connectivity index is 1.96. The molecule has 7 nitrogen and oxygen atoms in total. The Kier molecular flexibility index (Phi) is 9.53. The van der Waals surface area contributed by atoms with Crippen LogP contribution in [0.15, 0.2) is 35.6 Å². The summed E-state index contributed by atoms with van der Waals surface area (Å²) in [6.45, 7) is 7.78. The average molecular weight is 503 g/mol. The van der Waals surface area contributed by atoms with Crippen LogP contribution in [0.1, 0.15) is 75.2 Å². The van der Waals surface area contributed by atoms with Crippen LogP contribution in [0.4, 0.5) is 0 Å². The van der Waals surface area contributed by atoms with Gasteiger partial charge in [-0.25, -0.2) is 13.4 Å². The van der Waals surface area contributed by atoms with Gasteiger partial charge in [-0.1, -0.05) is 62.9 Å². The number of carbonyl (C=O) groups is 1. The molecule has 35 heavy (non-hydrogen) atoms. The van der Waals surface area contributed by atoms with Crippen molar-refractivity contribution in [1.29, 1.82) is 0 Å². The van der Waals surface area contributed by atoms with Gasteiger partial charge in [0.1, 0.15) is 0 Å². The van der Waals surface area contributed by atoms with E-state index >= 15 is 0 Å². The van der Waals surface area contributed by atoms with Crippen molar-refractivity contribution < 1.29 is 13.2 Å². The van der Waals surface area contributed by atoms with Crippen molar-refractivity contribution in [2.45, 2.75) is 82.8 Å². The highest BCUT2D eigenvalue weighted by atomic mass is 32.2. The second kappa shape index (κ2) is 12.2. The molecule has 0 bridgehead atoms. The third-order valence-corrected chi connectivity index (χ3v) is 8.17. The van der Waals surface area contributed by atoms with Gasteiger partial charge in [-0.15, -0.1) is 0 Å². The molecule has 0 spiro atoms. The van der Waals surface area contributed by atoms with Crippen LogP contribution < -0.4 is 0 Å². The van der Waals surface area contributed by atoms with Crippen molar-refractivity contribution in [3.63, 3.8) is 0 Å². The first-order valence-electron chi connectivity index (χ1n) is 12.8. The summed E-state index contributed by atoms with van der Waals surface area (Å²) in [7, 11) is 0.337. The molecule has 1 amide bonds. The Morgan fingerprint density at radius 2 is 1.86 bits per heavy atom. The van der Waals surface area contributed by atoms with E-state index < -0.39 is 9.84 Å². The molecule has 1 aliphatic carbocycles. The molecule has 1 saturated carbocycles. The molecule has 3 rings (SSSR count). The predicted octanol–water partition coefficient (Wildman–Crippen LogP) is 4.61. The molecular formula is C27H42N4O3S. The minimum atomic E-state index is -3.65. The highest BCUT2D eigenvalue weighted by Crippen LogP contribution is 2.33. The van der Waals surface area contributed by atoms with E-state index in [1.807, 2.05) is 68.6 Å². The second-order valence-electron chi connectivity index (χ2n) is 10.7. The molecule has 194 valence electrons. The van der Waals surface area contributed by atoms with Gasteiger partial charge < -0.3 is 14.4 Å². The minimum Gasteiger partial charge on any atom is -0.336 e. The molecular weight excluding hydrogens is 460 g/mol. The van der Waals surface area contributed by atoms with Crippen LogP contribution >= 0.6 is 0 Å². The number of aryl methyl sites for hydroxylation is 1. The molecule has 1 aromatic carbocycles. The topological polar surface area (TPSA) is 75.5 Å². The fraction of sp³-hybridized carbons (Fsp3) is 0.630. The van der Waals surface area contributed by atoms with Crippen LogP contribution in [0.5, 0.6) is 0 Å². The summed E-state index contributed by atoms with van der Waals surface area (Å²) in [6, 6.07) is 7.72. The zero-order valence-corrected chi connectivity index (χ0v) is 22.9. The maximum atomic E-state index is 13.6. The average Bonchev–Trinajstić information content (AvgIpc) is 3.21. The van der Waals surface area contributed by atoms with Crippen molar-refractivity contribution in [2.75, 3.05) is 27.2 Å². The van der Waals surface area contributed by atoms with Crippen molar-refractivity contribution in [3.05, 3.63) is 47.3 Å². The Hall–Kier alpha value is -2.19. The molecule has 1 aromatic heterocycles. The first-order chi connectivity index (χ1) is 16.6. The number of hydrogen-bond donors (Lipinski definition) is 0. The van der Waals surface area contributed by atoms with Gasteiger partial charge in [0.25, 0.3) is 0 Å². The van der Waals surface area contributed by atoms with E-state index in [9.17, 15) is 13.2 Å². The molecule has 0 N–H and O–H groups in total. The third-order valence-electron chi connectivity index (χ3n) is 6.60. The smallest absolute Gasteiger partial charge is 0.228 e. The second-order valence-corrected chi connectivity index (χ2v) is 12.5. The maximum absolute atomic E-state index is 13.6. The van der Waals surface area contributed by atoms with Gasteiger partial charge in [0.2, 0.25) is 20.9 Å². The number of carbonyl (C=O) groups excluding carboxylic acids is 1. The van der Waals surface area contributed by atoms with E-state index in [-0.39, 0.29) is 28.8 Å². The molecule has 0 saturated heterocycles. The standard InChI is InChI=1S/C27H42N4O3S/c1-21(2)16-26(32)30(15-14-29(4)5)19-25-18-28-27(31(25)24-12-7-6-8-13-24)35(33,34)20-23-11-9-10-22(3)17-23/h9-11,17-18,21,24H,6-8,12-16,19-20H2,1-5H3. The highest BCUT2D eigenvalue weighted by molar-refractivity contribution is 7.90. The normalized spacial score (nSPS) is 15.2. The summed E-state index contributed by atoms with van der Waals surface area (Å²) in [6.07, 6.45) is 7.37. The monoisotopic (exact) mass is 502 g/mol. The number of likely N-dealkylation sites (N-methyl/N-ethyl adjacent to an activating group) is 1. The number of imidazole rings is 1. The molecule has 2 aromatic rings. The minimum absolute atomic E-state index is 0.0749. The van der Waals surface area contributed by atoms with Gasteiger partial charge in [-0.05, 0) is 45.3 Å². The lowest BCUT2D eigenvalue weighted by molar-refractivity contribution is -0.132. The van der Waals surface area contributed by atoms with Crippen LogP contribution in [-0.2, 0) is 26.9 Å². The number of aromatic nitrogens is 2. The molecule has 0 unspecified atom stereocenters. The van der Waals surface area contributed by atoms with E-state index in [1.165, 1.54) is 6.42 Å². The van der Waals surface area contributed by atoms with E-state index in [0.717, 1.165) is 49.0 Å². The molecule has 1 aliphatic rings. The van der Waals surface area contributed by atoms with Crippen LogP contribution in [0.2, 0.25) is 0 Å². The largest absolute Gasteiger partial charge is 0.336 e. The summed E-state index contributed by atoms with van der Waals surface area (Å²) < 4.78 is 29.2. The quantitative estimate of drug-likeness (QED) is 0.449. The maximum Gasteiger partial charge on any atom is 0.228 e. The lowest BCUT2D eigenvalue weighted by atomic mass is 9.95. The highest BCUT2D eigenvalue weighted by Gasteiger charge is 2.30. The molecule has 0 atom stereocenters. The fourth-order valence-electron chi connectivity index (χ4n) is 4.83. The van der Waals surface area contributed by atoms with Gasteiger partial charge in [0, 0.05) is 25.6 Å². The SMILES string of the molecule is Cc1cccc(CS(=O)(=O)c2ncc(CN(CCN(C)C)C(=O)CC(C)C)n2C2CCCCC2)c1. The van der Waals surface area contributed by atoms with Gasteiger partial charge in [0.05, 0.1) is 24.2 Å². The number of sulfone groups is 1. The van der Waals surface area contributed by atoms with E-state index in [1.54, 1.807) is 6.20 Å². The van der Waals surface area contributed by atoms with Crippen LogP contribution in [0, 0.1) is 12.8 Å². The van der Waals surface area contributed by atoms with E-state index in [0.29, 0.717) is 19.5 Å². The van der Waals surface area contributed by atoms with Gasteiger partial charge >= 0.3 is 0 Å². The summed E-state index contributed by atoms with van der Waals surface area (Å²) in [5.41, 5.74) is 2.62. The van der Waals surface area contributed by atoms with Crippen LogP contribution in [0.25, 0.3) is 0 Å². The van der Waals surface area contributed by atoms with Crippen molar-refractivity contribution in [1.82, 2.24) is 19.4 Å². The number of nitrogens with zero attached hydrogens (tertiary/aromatic N) is 4. The van der Waals surface area contributed by atoms with Gasteiger partial charge in [0.15, 0.2) is 0 Å². The van der Waals surface area contributed by atoms with E-state index in [2.05, 4.69) is 9.88 Å². The third kappa shape index (κ3) is 7.64. The van der Waals surface area contributed by atoms with Gasteiger partial charge in [-0.3, -0.25) is 4.79 Å². The van der Waals surface area contributed by atoms with Crippen LogP contribution in [-0.4, -0.2) is 60.9 Å². The summed E-state index contributed by atoms with van der Waals surface area (Å²) in [5, 5.41) is 0.143. The van der Waals surface area contributed by atoms with E-state index in [4.69, 9.17) is 0 Å². The summed E-state index contributed by atoms with van der Waals surface area (Å²) in [4.78, 5) is 21.5. The molecule has 0 aliphatic heterocycles. The number of benzene rings is 1. The molecule has 8 heteroatoms. The molecule has 1 heterocycles. The zero-order chi connectivity index (χ0) is 25.6. The Bertz CT molecular complexity index is 1090. The first kappa shape index (κ1) is 27.4. The van der Waals surface area contributed by atoms with Crippen LogP contribution in [0.3, 0.4) is 0 Å². The Morgan fingerprint density at radius 3 is 2.49 bits per heavy atom. The molecule has 0 radical (unpaired) electrons. The van der Waals surface area contributed by atoms with Crippen molar-refractivity contribution >= 4 is 15.7 Å². The molecule has 1 fully saturated rings. The first-order valence-corrected chi connectivity index (χ1v) is 14.5. The predicted molar refractivity (Wildman–Crippen MR) is 140 cm³/mol. The Morgan fingerprint density at radius 1 is 1.14 bits per heavy atom. The lowest BCUT2D eigenvalue weighted by Crippen LogP contribution is -2.37. The fourth-order valence-corrected chi connectivity index (χ4v) is 6.35. The Labute approximate surface area is 211 Å². The van der Waals surface area contributed by atoms with Crippen molar-refractivity contribution in [3.8, 4) is 0 Å². The number of hydrogen-bond acceptors (Lipinski definition) is 5. The zero-order valence-electron chi connectivity index (χ0n) is 22.0. The number of amides is 1. The number of rotatable bonds is 11. The summed E-state index contributed by atoms with van der Waals surface area (Å²) >= 11 is 0. The lowest BCUT2D eigenvalue weighted by Gasteiger charge is -2.29. The summed E-state index contributed by atoms with van der Waals surface area (Å²) in [5.74, 6) is 0.286.